The third-order valence-electron chi connectivity index (χ3n) is 11.2. The maximum Gasteiger partial charge on any atom is 0.164 e. The van der Waals surface area contributed by atoms with Crippen LogP contribution in [0, 0.1) is 11.3 Å². The summed E-state index contributed by atoms with van der Waals surface area (Å²) in [5, 5.41) is 12.1. The van der Waals surface area contributed by atoms with Gasteiger partial charge in [0.25, 0.3) is 0 Å². The predicted molar refractivity (Wildman–Crippen MR) is 230 cm³/mol. The summed E-state index contributed by atoms with van der Waals surface area (Å²) in [4.78, 5) is 19.9. The minimum Gasteiger partial charge on any atom is -0.264 e. The first-order valence-electron chi connectivity index (χ1n) is 19.1. The van der Waals surface area contributed by atoms with Gasteiger partial charge in [-0.15, -0.1) is 0 Å². The van der Waals surface area contributed by atoms with Crippen molar-refractivity contribution in [3.05, 3.63) is 193 Å². The van der Waals surface area contributed by atoms with Crippen LogP contribution in [0.25, 0.3) is 89.4 Å². The molecule has 0 amide bonds. The van der Waals surface area contributed by atoms with Gasteiger partial charge in [-0.25, -0.2) is 15.0 Å². The highest BCUT2D eigenvalue weighted by atomic mass is 15.0. The first-order chi connectivity index (χ1) is 27.9. The molecule has 0 radical (unpaired) electrons. The van der Waals surface area contributed by atoms with Crippen LogP contribution in [-0.4, -0.2) is 19.9 Å². The zero-order valence-electron chi connectivity index (χ0n) is 31.5. The number of rotatable bonds is 6. The van der Waals surface area contributed by atoms with Crippen LogP contribution >= 0.6 is 0 Å². The van der Waals surface area contributed by atoms with Gasteiger partial charge in [-0.2, -0.15) is 5.26 Å². The van der Waals surface area contributed by atoms with Gasteiger partial charge in [-0.1, -0.05) is 135 Å². The fourth-order valence-electron chi connectivity index (χ4n) is 8.30. The first-order valence-corrected chi connectivity index (χ1v) is 19.1. The molecule has 5 heteroatoms. The highest BCUT2D eigenvalue weighted by Crippen LogP contribution is 2.53. The zero-order valence-corrected chi connectivity index (χ0v) is 31.5. The molecule has 2 aromatic heterocycles. The number of pyridine rings is 1. The van der Waals surface area contributed by atoms with E-state index in [-0.39, 0.29) is 5.41 Å². The zero-order chi connectivity index (χ0) is 38.5. The van der Waals surface area contributed by atoms with Crippen molar-refractivity contribution in [3.8, 4) is 84.7 Å². The lowest BCUT2D eigenvalue weighted by Gasteiger charge is -2.23. The molecular formula is C52H35N5. The van der Waals surface area contributed by atoms with Crippen LogP contribution in [0.2, 0.25) is 0 Å². The summed E-state index contributed by atoms with van der Waals surface area (Å²) in [6, 6.07) is 59.0. The Kier molecular flexibility index (Phi) is 8.13. The second-order valence-electron chi connectivity index (χ2n) is 15.0. The Morgan fingerprint density at radius 2 is 1.00 bits per heavy atom. The van der Waals surface area contributed by atoms with Crippen LogP contribution < -0.4 is 0 Å². The molecule has 1 aliphatic rings. The molecule has 0 bridgehead atoms. The SMILES string of the molecule is CC1(C)c2cc(C#N)ccc2-c2c1cc(-c1cc(-c3cccnc3)cc(-c3nc(-c4ccccc4)nc(-c4ccc(-c5ccccc5)cc4)n3)c1)c1ccccc21. The summed E-state index contributed by atoms with van der Waals surface area (Å²) in [6.07, 6.45) is 3.70. The monoisotopic (exact) mass is 729 g/mol. The predicted octanol–water partition coefficient (Wildman–Crippen LogP) is 12.6. The van der Waals surface area contributed by atoms with Crippen LogP contribution in [0.5, 0.6) is 0 Å². The standard InChI is InChI=1S/C52H35N5/c1-52(2)46-26-33(31-53)19-24-44(46)48-43-18-10-9-17-42(43)45(30-47(48)52)40-27-39(38-16-11-25-54-32-38)28-41(29-40)51-56-49(36-14-7-4-8-15-36)55-50(57-51)37-22-20-35(21-23-37)34-12-5-3-6-13-34/h3-30,32H,1-2H3. The highest BCUT2D eigenvalue weighted by molar-refractivity contribution is 6.09. The molecule has 0 unspecified atom stereocenters. The molecule has 10 rings (SSSR count). The Balaban J connectivity index is 1.19. The van der Waals surface area contributed by atoms with Crippen molar-refractivity contribution in [1.82, 2.24) is 19.9 Å². The Hall–Kier alpha value is -7.55. The van der Waals surface area contributed by atoms with Gasteiger partial charge in [-0.3, -0.25) is 4.98 Å². The average Bonchev–Trinajstić information content (AvgIpc) is 3.51. The number of hydrogen-bond acceptors (Lipinski definition) is 5. The van der Waals surface area contributed by atoms with Gasteiger partial charge in [-0.05, 0) is 103 Å². The van der Waals surface area contributed by atoms with E-state index in [9.17, 15) is 5.26 Å². The van der Waals surface area contributed by atoms with E-state index in [1.807, 2.05) is 54.7 Å². The molecule has 9 aromatic rings. The number of nitriles is 1. The third kappa shape index (κ3) is 5.96. The molecule has 0 fully saturated rings. The van der Waals surface area contributed by atoms with E-state index in [2.05, 4.69) is 140 Å². The lowest BCUT2D eigenvalue weighted by Crippen LogP contribution is -2.15. The first kappa shape index (κ1) is 34.0. The van der Waals surface area contributed by atoms with Crippen molar-refractivity contribution in [3.63, 3.8) is 0 Å². The number of benzene rings is 7. The van der Waals surface area contributed by atoms with Crippen molar-refractivity contribution in [2.45, 2.75) is 19.3 Å². The van der Waals surface area contributed by atoms with Crippen LogP contribution in [-0.2, 0) is 5.41 Å². The van der Waals surface area contributed by atoms with Crippen molar-refractivity contribution < 1.29 is 0 Å². The van der Waals surface area contributed by atoms with E-state index < -0.39 is 0 Å². The fraction of sp³-hybridized carbons (Fsp3) is 0.0577. The van der Waals surface area contributed by atoms with Crippen LogP contribution in [0.3, 0.4) is 0 Å². The molecule has 268 valence electrons. The van der Waals surface area contributed by atoms with Gasteiger partial charge in [0.15, 0.2) is 17.5 Å². The van der Waals surface area contributed by atoms with Gasteiger partial charge in [0.05, 0.1) is 11.6 Å². The third-order valence-corrected chi connectivity index (χ3v) is 11.2. The second kappa shape index (κ2) is 13.6. The number of hydrogen-bond donors (Lipinski definition) is 0. The Morgan fingerprint density at radius 1 is 0.439 bits per heavy atom. The van der Waals surface area contributed by atoms with Crippen molar-refractivity contribution in [1.29, 1.82) is 5.26 Å². The summed E-state index contributed by atoms with van der Waals surface area (Å²) in [5.41, 5.74) is 14.3. The molecule has 7 aromatic carbocycles. The average molecular weight is 730 g/mol. The van der Waals surface area contributed by atoms with Crippen molar-refractivity contribution >= 4 is 10.8 Å². The van der Waals surface area contributed by atoms with Crippen LogP contribution in [0.4, 0.5) is 0 Å². The fourth-order valence-corrected chi connectivity index (χ4v) is 8.30. The van der Waals surface area contributed by atoms with Gasteiger partial charge in [0.2, 0.25) is 0 Å². The second-order valence-corrected chi connectivity index (χ2v) is 15.0. The van der Waals surface area contributed by atoms with Crippen LogP contribution in [0.15, 0.2) is 176 Å². The van der Waals surface area contributed by atoms with Gasteiger partial charge >= 0.3 is 0 Å². The van der Waals surface area contributed by atoms with Crippen molar-refractivity contribution in [2.24, 2.45) is 0 Å². The van der Waals surface area contributed by atoms with Crippen LogP contribution in [0.1, 0.15) is 30.5 Å². The van der Waals surface area contributed by atoms with E-state index in [0.29, 0.717) is 23.0 Å². The van der Waals surface area contributed by atoms with Crippen molar-refractivity contribution in [2.75, 3.05) is 0 Å². The summed E-state index contributed by atoms with van der Waals surface area (Å²) in [5.74, 6) is 1.79. The molecule has 0 N–H and O–H groups in total. The maximum atomic E-state index is 9.81. The summed E-state index contributed by atoms with van der Waals surface area (Å²) >= 11 is 0. The Morgan fingerprint density at radius 3 is 1.68 bits per heavy atom. The molecule has 0 saturated heterocycles. The van der Waals surface area contributed by atoms with Gasteiger partial charge < -0.3 is 0 Å². The number of aromatic nitrogens is 4. The molecule has 0 saturated carbocycles. The van der Waals surface area contributed by atoms with E-state index >= 15 is 0 Å². The lowest BCUT2D eigenvalue weighted by molar-refractivity contribution is 0.661. The van der Waals surface area contributed by atoms with Gasteiger partial charge in [0.1, 0.15) is 0 Å². The molecule has 0 spiro atoms. The minimum absolute atomic E-state index is 0.316. The Bertz CT molecular complexity index is 3020. The summed E-state index contributed by atoms with van der Waals surface area (Å²) in [7, 11) is 0. The molecule has 0 atom stereocenters. The molecule has 57 heavy (non-hydrogen) atoms. The summed E-state index contributed by atoms with van der Waals surface area (Å²) < 4.78 is 0. The number of nitrogens with zero attached hydrogens (tertiary/aromatic N) is 5. The minimum atomic E-state index is -0.316. The molecular weight excluding hydrogens is 695 g/mol. The maximum absolute atomic E-state index is 9.81. The topological polar surface area (TPSA) is 75.3 Å². The quantitative estimate of drug-likeness (QED) is 0.170. The van der Waals surface area contributed by atoms with E-state index in [1.54, 1.807) is 6.20 Å². The molecule has 5 nitrogen and oxygen atoms in total. The molecule has 1 aliphatic carbocycles. The smallest absolute Gasteiger partial charge is 0.164 e. The van der Waals surface area contributed by atoms with E-state index in [1.165, 1.54) is 27.6 Å². The normalized spacial score (nSPS) is 12.5. The highest BCUT2D eigenvalue weighted by Gasteiger charge is 2.37. The number of fused-ring (bicyclic) bond motifs is 5. The lowest BCUT2D eigenvalue weighted by atomic mass is 9.80. The van der Waals surface area contributed by atoms with Gasteiger partial charge in [0, 0.05) is 40.1 Å². The largest absolute Gasteiger partial charge is 0.264 e. The van der Waals surface area contributed by atoms with E-state index in [4.69, 9.17) is 15.0 Å². The molecule has 0 aliphatic heterocycles. The Labute approximate surface area is 331 Å². The molecule has 2 heterocycles. The van der Waals surface area contributed by atoms with E-state index in [0.717, 1.165) is 55.5 Å². The summed E-state index contributed by atoms with van der Waals surface area (Å²) in [6.45, 7) is 4.53.